The lowest BCUT2D eigenvalue weighted by atomic mass is 9.96. The number of Topliss-reactive ketones (excluding diaryl/α,β-unsaturated/α-hetero) is 1. The Labute approximate surface area is 122 Å². The number of ether oxygens (including phenoxy) is 1. The molecule has 0 bridgehead atoms. The highest BCUT2D eigenvalue weighted by Gasteiger charge is 2.21. The SMILES string of the molecule is CCOC(=O)CCC(=O)CN1CCC(CN(C)C)CC1. The summed E-state index contributed by atoms with van der Waals surface area (Å²) >= 11 is 0. The lowest BCUT2D eigenvalue weighted by Crippen LogP contribution is -2.39. The van der Waals surface area contributed by atoms with Crippen molar-refractivity contribution in [2.75, 3.05) is 46.9 Å². The number of carbonyl (C=O) groups is 2. The third kappa shape index (κ3) is 7.01. The fraction of sp³-hybridized carbons (Fsp3) is 0.867. The molecule has 0 radical (unpaired) electrons. The summed E-state index contributed by atoms with van der Waals surface area (Å²) < 4.78 is 4.82. The van der Waals surface area contributed by atoms with Crippen LogP contribution in [0.1, 0.15) is 32.6 Å². The Morgan fingerprint density at radius 1 is 1.20 bits per heavy atom. The highest BCUT2D eigenvalue weighted by molar-refractivity contribution is 5.84. The van der Waals surface area contributed by atoms with Gasteiger partial charge in [-0.2, -0.15) is 0 Å². The van der Waals surface area contributed by atoms with Gasteiger partial charge in [0.15, 0.2) is 0 Å². The molecule has 1 aliphatic rings. The van der Waals surface area contributed by atoms with Crippen molar-refractivity contribution in [1.82, 2.24) is 9.80 Å². The van der Waals surface area contributed by atoms with Gasteiger partial charge in [0.2, 0.25) is 0 Å². The second kappa shape index (κ2) is 9.08. The van der Waals surface area contributed by atoms with Crippen molar-refractivity contribution in [3.63, 3.8) is 0 Å². The topological polar surface area (TPSA) is 49.9 Å². The van der Waals surface area contributed by atoms with Crippen LogP contribution in [0, 0.1) is 5.92 Å². The number of carbonyl (C=O) groups excluding carboxylic acids is 2. The van der Waals surface area contributed by atoms with Crippen LogP contribution in [0.15, 0.2) is 0 Å². The van der Waals surface area contributed by atoms with Crippen molar-refractivity contribution < 1.29 is 14.3 Å². The number of piperidine rings is 1. The molecule has 0 aromatic heterocycles. The Morgan fingerprint density at radius 3 is 2.40 bits per heavy atom. The van der Waals surface area contributed by atoms with E-state index >= 15 is 0 Å². The first-order chi connectivity index (χ1) is 9.51. The van der Waals surface area contributed by atoms with Gasteiger partial charge in [0.05, 0.1) is 19.6 Å². The van der Waals surface area contributed by atoms with Gasteiger partial charge in [-0.15, -0.1) is 0 Å². The molecule has 5 heteroatoms. The van der Waals surface area contributed by atoms with Crippen LogP contribution in [0.2, 0.25) is 0 Å². The Bertz CT molecular complexity index is 310. The Kier molecular flexibility index (Phi) is 7.77. The van der Waals surface area contributed by atoms with Gasteiger partial charge in [-0.3, -0.25) is 14.5 Å². The first-order valence-electron chi connectivity index (χ1n) is 7.55. The molecule has 0 N–H and O–H groups in total. The predicted octanol–water partition coefficient (Wildman–Crippen LogP) is 1.17. The van der Waals surface area contributed by atoms with E-state index in [-0.39, 0.29) is 18.2 Å². The minimum Gasteiger partial charge on any atom is -0.466 e. The van der Waals surface area contributed by atoms with Crippen molar-refractivity contribution in [3.05, 3.63) is 0 Å². The fourth-order valence-corrected chi connectivity index (χ4v) is 2.65. The zero-order valence-corrected chi connectivity index (χ0v) is 13.1. The summed E-state index contributed by atoms with van der Waals surface area (Å²) in [6, 6.07) is 0. The van der Waals surface area contributed by atoms with E-state index in [1.807, 2.05) is 0 Å². The Hall–Kier alpha value is -0.940. The third-order valence-electron chi connectivity index (χ3n) is 3.64. The molecule has 0 atom stereocenters. The molecule has 0 aromatic rings. The average Bonchev–Trinajstić information content (AvgIpc) is 2.38. The molecule has 0 aliphatic carbocycles. The zero-order chi connectivity index (χ0) is 15.0. The van der Waals surface area contributed by atoms with Gasteiger partial charge in [0.25, 0.3) is 0 Å². The van der Waals surface area contributed by atoms with Gasteiger partial charge < -0.3 is 9.64 Å². The van der Waals surface area contributed by atoms with Crippen LogP contribution < -0.4 is 0 Å². The molecule has 5 nitrogen and oxygen atoms in total. The van der Waals surface area contributed by atoms with Crippen molar-refractivity contribution >= 4 is 11.8 Å². The van der Waals surface area contributed by atoms with E-state index in [0.717, 1.165) is 38.4 Å². The van der Waals surface area contributed by atoms with E-state index in [2.05, 4.69) is 23.9 Å². The van der Waals surface area contributed by atoms with Crippen molar-refractivity contribution in [2.24, 2.45) is 5.92 Å². The van der Waals surface area contributed by atoms with E-state index in [0.29, 0.717) is 19.6 Å². The molecule has 0 spiro atoms. The van der Waals surface area contributed by atoms with Gasteiger partial charge in [-0.1, -0.05) is 0 Å². The summed E-state index contributed by atoms with van der Waals surface area (Å²) in [7, 11) is 4.20. The lowest BCUT2D eigenvalue weighted by molar-refractivity contribution is -0.144. The monoisotopic (exact) mass is 284 g/mol. The first-order valence-corrected chi connectivity index (χ1v) is 7.55. The smallest absolute Gasteiger partial charge is 0.306 e. The maximum Gasteiger partial charge on any atom is 0.306 e. The predicted molar refractivity (Wildman–Crippen MR) is 78.6 cm³/mol. The van der Waals surface area contributed by atoms with E-state index in [1.165, 1.54) is 0 Å². The molecule has 1 aliphatic heterocycles. The van der Waals surface area contributed by atoms with Gasteiger partial charge >= 0.3 is 5.97 Å². The molecule has 1 saturated heterocycles. The molecule has 0 aromatic carbocycles. The van der Waals surface area contributed by atoms with E-state index in [9.17, 15) is 9.59 Å². The second-order valence-electron chi connectivity index (χ2n) is 5.83. The Morgan fingerprint density at radius 2 is 1.85 bits per heavy atom. The highest BCUT2D eigenvalue weighted by atomic mass is 16.5. The van der Waals surface area contributed by atoms with E-state index in [1.54, 1.807) is 6.92 Å². The number of nitrogens with zero attached hydrogens (tertiary/aromatic N) is 2. The van der Waals surface area contributed by atoms with Crippen LogP contribution in [-0.2, 0) is 14.3 Å². The third-order valence-corrected chi connectivity index (χ3v) is 3.64. The fourth-order valence-electron chi connectivity index (χ4n) is 2.65. The van der Waals surface area contributed by atoms with Crippen LogP contribution in [0.5, 0.6) is 0 Å². The molecular weight excluding hydrogens is 256 g/mol. The maximum atomic E-state index is 11.8. The number of esters is 1. The van der Waals surface area contributed by atoms with Gasteiger partial charge in [0, 0.05) is 13.0 Å². The molecule has 0 saturated carbocycles. The van der Waals surface area contributed by atoms with Crippen molar-refractivity contribution in [3.8, 4) is 0 Å². The van der Waals surface area contributed by atoms with E-state index in [4.69, 9.17) is 4.74 Å². The van der Waals surface area contributed by atoms with Crippen LogP contribution in [0.3, 0.4) is 0 Å². The van der Waals surface area contributed by atoms with Crippen molar-refractivity contribution in [2.45, 2.75) is 32.6 Å². The molecule has 1 fully saturated rings. The first kappa shape index (κ1) is 17.1. The number of hydrogen-bond donors (Lipinski definition) is 0. The normalized spacial score (nSPS) is 17.4. The van der Waals surface area contributed by atoms with Crippen molar-refractivity contribution in [1.29, 1.82) is 0 Å². The molecule has 116 valence electrons. The minimum atomic E-state index is -0.273. The standard InChI is InChI=1S/C15H28N2O3/c1-4-20-15(19)6-5-14(18)12-17-9-7-13(8-10-17)11-16(2)3/h13H,4-12H2,1-3H3. The molecule has 1 heterocycles. The maximum absolute atomic E-state index is 11.8. The summed E-state index contributed by atoms with van der Waals surface area (Å²) in [5.41, 5.74) is 0. The van der Waals surface area contributed by atoms with Crippen LogP contribution in [-0.4, -0.2) is 68.4 Å². The molecule has 0 amide bonds. The number of rotatable bonds is 8. The number of ketones is 1. The van der Waals surface area contributed by atoms with Gasteiger partial charge in [-0.25, -0.2) is 0 Å². The second-order valence-corrected chi connectivity index (χ2v) is 5.83. The summed E-state index contributed by atoms with van der Waals surface area (Å²) in [5.74, 6) is 0.616. The Balaban J connectivity index is 2.16. The van der Waals surface area contributed by atoms with Gasteiger partial charge in [-0.05, 0) is 52.9 Å². The number of hydrogen-bond acceptors (Lipinski definition) is 5. The van der Waals surface area contributed by atoms with Crippen LogP contribution in [0.25, 0.3) is 0 Å². The summed E-state index contributed by atoms with van der Waals surface area (Å²) in [4.78, 5) is 27.4. The van der Waals surface area contributed by atoms with E-state index < -0.39 is 0 Å². The minimum absolute atomic E-state index is 0.143. The summed E-state index contributed by atoms with van der Waals surface area (Å²) in [6.07, 6.45) is 2.83. The molecule has 0 unspecified atom stereocenters. The number of likely N-dealkylation sites (tertiary alicyclic amines) is 1. The molecule has 20 heavy (non-hydrogen) atoms. The quantitative estimate of drug-likeness (QED) is 0.626. The zero-order valence-electron chi connectivity index (χ0n) is 13.1. The molecule has 1 rings (SSSR count). The largest absolute Gasteiger partial charge is 0.466 e. The van der Waals surface area contributed by atoms with Crippen LogP contribution in [0.4, 0.5) is 0 Å². The average molecular weight is 284 g/mol. The van der Waals surface area contributed by atoms with Crippen LogP contribution >= 0.6 is 0 Å². The summed E-state index contributed by atoms with van der Waals surface area (Å²) in [6.45, 7) is 5.75. The lowest BCUT2D eigenvalue weighted by Gasteiger charge is -2.32. The van der Waals surface area contributed by atoms with Gasteiger partial charge in [0.1, 0.15) is 5.78 Å². The molecular formula is C15H28N2O3. The summed E-state index contributed by atoms with van der Waals surface area (Å²) in [5, 5.41) is 0. The highest BCUT2D eigenvalue weighted by Crippen LogP contribution is 2.17.